The van der Waals surface area contributed by atoms with Gasteiger partial charge in [-0.1, -0.05) is 30.3 Å². The second-order valence-electron chi connectivity index (χ2n) is 7.23. The predicted molar refractivity (Wildman–Crippen MR) is 102 cm³/mol. The molecule has 1 aliphatic carbocycles. The molecule has 6 heteroatoms. The van der Waals surface area contributed by atoms with Crippen LogP contribution >= 0.6 is 0 Å². The van der Waals surface area contributed by atoms with E-state index in [-0.39, 0.29) is 30.6 Å². The van der Waals surface area contributed by atoms with E-state index < -0.39 is 0 Å². The number of aromatic nitrogens is 2. The quantitative estimate of drug-likeness (QED) is 0.538. The number of benzene rings is 2. The average molecular weight is 365 g/mol. The highest BCUT2D eigenvalue weighted by Crippen LogP contribution is 2.32. The van der Waals surface area contributed by atoms with Crippen molar-refractivity contribution in [2.24, 2.45) is 5.92 Å². The Kier molecular flexibility index (Phi) is 4.92. The number of aliphatic hydroxyl groups is 2. The molecule has 1 aromatic heterocycles. The zero-order chi connectivity index (χ0) is 18.8. The molecule has 4 N–H and O–H groups in total. The van der Waals surface area contributed by atoms with Crippen LogP contribution in [-0.2, 0) is 13.0 Å². The molecule has 27 heavy (non-hydrogen) atoms. The Morgan fingerprint density at radius 2 is 2.00 bits per heavy atom. The Hall–Kier alpha value is -2.70. The highest BCUT2D eigenvalue weighted by atomic mass is 16.3. The minimum atomic E-state index is -0.261. The Morgan fingerprint density at radius 1 is 1.22 bits per heavy atom. The van der Waals surface area contributed by atoms with Gasteiger partial charge in [0.2, 0.25) is 0 Å². The van der Waals surface area contributed by atoms with E-state index in [0.717, 1.165) is 30.3 Å². The third-order valence-corrected chi connectivity index (χ3v) is 5.28. The lowest BCUT2D eigenvalue weighted by atomic mass is 9.75. The van der Waals surface area contributed by atoms with E-state index in [0.29, 0.717) is 11.4 Å². The number of nitrogens with one attached hydrogen (secondary N) is 2. The molecule has 6 nitrogen and oxygen atoms in total. The molecule has 1 atom stereocenters. The van der Waals surface area contributed by atoms with Crippen LogP contribution in [0, 0.1) is 5.92 Å². The normalized spacial score (nSPS) is 20.2. The molecule has 0 radical (unpaired) electrons. The first-order chi connectivity index (χ1) is 13.1. The van der Waals surface area contributed by atoms with Crippen molar-refractivity contribution in [3.63, 3.8) is 0 Å². The van der Waals surface area contributed by atoms with E-state index in [2.05, 4.69) is 27.4 Å². The Balaban J connectivity index is 1.52. The van der Waals surface area contributed by atoms with Crippen LogP contribution in [0.5, 0.6) is 0 Å². The number of fused-ring (bicyclic) bond motifs is 1. The molecule has 140 valence electrons. The van der Waals surface area contributed by atoms with Crippen LogP contribution in [0.1, 0.15) is 34.6 Å². The summed E-state index contributed by atoms with van der Waals surface area (Å²) in [5, 5.41) is 22.0. The lowest BCUT2D eigenvalue weighted by molar-refractivity contribution is 0.0239. The van der Waals surface area contributed by atoms with Gasteiger partial charge in [0.05, 0.1) is 17.1 Å². The summed E-state index contributed by atoms with van der Waals surface area (Å²) in [7, 11) is 0. The van der Waals surface area contributed by atoms with Crippen LogP contribution in [0.15, 0.2) is 48.5 Å². The van der Waals surface area contributed by atoms with Crippen molar-refractivity contribution < 1.29 is 15.0 Å². The predicted octanol–water partition coefficient (Wildman–Crippen LogP) is 2.17. The number of carbonyl (C=O) groups is 1. The monoisotopic (exact) mass is 365 g/mol. The number of aliphatic hydroxyl groups excluding tert-OH is 2. The number of aromatic amines is 1. The fourth-order valence-corrected chi connectivity index (χ4v) is 3.69. The van der Waals surface area contributed by atoms with Gasteiger partial charge in [0, 0.05) is 11.6 Å². The number of nitrogens with zero attached hydrogens (tertiary/aromatic N) is 1. The first-order valence-corrected chi connectivity index (χ1v) is 9.24. The fourth-order valence-electron chi connectivity index (χ4n) is 3.69. The summed E-state index contributed by atoms with van der Waals surface area (Å²) >= 11 is 0. The smallest absolute Gasteiger partial charge is 0.251 e. The van der Waals surface area contributed by atoms with Crippen molar-refractivity contribution in [1.82, 2.24) is 15.3 Å². The van der Waals surface area contributed by atoms with Crippen molar-refractivity contribution in [3.8, 4) is 0 Å². The maximum Gasteiger partial charge on any atom is 0.251 e. The van der Waals surface area contributed by atoms with Gasteiger partial charge in [-0.05, 0) is 48.9 Å². The first-order valence-electron chi connectivity index (χ1n) is 9.24. The van der Waals surface area contributed by atoms with E-state index in [4.69, 9.17) is 0 Å². The van der Waals surface area contributed by atoms with Crippen molar-refractivity contribution in [3.05, 3.63) is 65.5 Å². The molecule has 0 spiro atoms. The van der Waals surface area contributed by atoms with Crippen molar-refractivity contribution in [2.45, 2.75) is 38.0 Å². The van der Waals surface area contributed by atoms with Gasteiger partial charge in [0.15, 0.2) is 0 Å². The van der Waals surface area contributed by atoms with Gasteiger partial charge in [-0.15, -0.1) is 0 Å². The molecule has 1 fully saturated rings. The van der Waals surface area contributed by atoms with Crippen molar-refractivity contribution in [1.29, 1.82) is 0 Å². The summed E-state index contributed by atoms with van der Waals surface area (Å²) in [6.07, 6.45) is 1.92. The number of H-pyrrole nitrogens is 1. The number of hydrogen-bond donors (Lipinski definition) is 4. The minimum Gasteiger partial charge on any atom is -0.393 e. The van der Waals surface area contributed by atoms with E-state index in [1.807, 2.05) is 18.2 Å². The van der Waals surface area contributed by atoms with Gasteiger partial charge >= 0.3 is 0 Å². The molecule has 0 unspecified atom stereocenters. The van der Waals surface area contributed by atoms with Crippen LogP contribution < -0.4 is 5.32 Å². The standard InChI is InChI=1S/C21H23N3O3/c25-12-20-22-17-7-6-14(11-19(17)23-20)21(27)24-18(15-9-16(26)10-15)8-13-4-2-1-3-5-13/h1-7,11,15-16,18,25-26H,8-10,12H2,(H,22,23)(H,24,27)/t15?,16?,18-/m1/s1. The van der Waals surface area contributed by atoms with Gasteiger partial charge in [-0.25, -0.2) is 4.98 Å². The number of rotatable bonds is 6. The Labute approximate surface area is 157 Å². The molecule has 0 bridgehead atoms. The summed E-state index contributed by atoms with van der Waals surface area (Å²) in [5.74, 6) is 0.619. The SMILES string of the molecule is O=C(N[C@H](Cc1ccccc1)C1CC(O)C1)c1ccc2nc(CO)[nH]c2c1. The van der Waals surface area contributed by atoms with Crippen LogP contribution in [-0.4, -0.2) is 38.2 Å². The summed E-state index contributed by atoms with van der Waals surface area (Å²) in [6, 6.07) is 15.3. The average Bonchev–Trinajstić information content (AvgIpc) is 3.08. The maximum atomic E-state index is 12.8. The molecule has 3 aromatic rings. The second-order valence-corrected chi connectivity index (χ2v) is 7.23. The van der Waals surface area contributed by atoms with Gasteiger partial charge in [-0.2, -0.15) is 0 Å². The second kappa shape index (κ2) is 7.50. The van der Waals surface area contributed by atoms with E-state index in [9.17, 15) is 15.0 Å². The van der Waals surface area contributed by atoms with Crippen molar-refractivity contribution in [2.75, 3.05) is 0 Å². The lowest BCUT2D eigenvalue weighted by Crippen LogP contribution is -2.48. The number of amides is 1. The first kappa shape index (κ1) is 17.7. The largest absolute Gasteiger partial charge is 0.393 e. The summed E-state index contributed by atoms with van der Waals surface area (Å²) in [6.45, 7) is -0.167. The maximum absolute atomic E-state index is 12.8. The molecular weight excluding hydrogens is 342 g/mol. The molecule has 2 aromatic carbocycles. The van der Waals surface area contributed by atoms with Crippen LogP contribution in [0.4, 0.5) is 0 Å². The molecule has 4 rings (SSSR count). The van der Waals surface area contributed by atoms with Crippen LogP contribution in [0.25, 0.3) is 11.0 Å². The van der Waals surface area contributed by atoms with Gasteiger partial charge in [0.1, 0.15) is 12.4 Å². The van der Waals surface area contributed by atoms with Gasteiger partial charge < -0.3 is 20.5 Å². The van der Waals surface area contributed by atoms with E-state index >= 15 is 0 Å². The molecular formula is C21H23N3O3. The topological polar surface area (TPSA) is 98.2 Å². The van der Waals surface area contributed by atoms with Crippen LogP contribution in [0.3, 0.4) is 0 Å². The lowest BCUT2D eigenvalue weighted by Gasteiger charge is -2.38. The summed E-state index contributed by atoms with van der Waals surface area (Å²) in [5.41, 5.74) is 3.17. The zero-order valence-corrected chi connectivity index (χ0v) is 14.9. The summed E-state index contributed by atoms with van der Waals surface area (Å²) in [4.78, 5) is 20.1. The Morgan fingerprint density at radius 3 is 2.70 bits per heavy atom. The number of imidazole rings is 1. The molecule has 1 saturated carbocycles. The third kappa shape index (κ3) is 3.86. The Bertz CT molecular complexity index is 932. The third-order valence-electron chi connectivity index (χ3n) is 5.28. The molecule has 1 heterocycles. The molecule has 1 aliphatic rings. The van der Waals surface area contributed by atoms with Gasteiger partial charge in [0.25, 0.3) is 5.91 Å². The van der Waals surface area contributed by atoms with E-state index in [1.165, 1.54) is 5.56 Å². The van der Waals surface area contributed by atoms with E-state index in [1.54, 1.807) is 18.2 Å². The number of hydrogen-bond acceptors (Lipinski definition) is 4. The molecule has 0 aliphatic heterocycles. The molecule has 1 amide bonds. The minimum absolute atomic E-state index is 0.0197. The summed E-state index contributed by atoms with van der Waals surface area (Å²) < 4.78 is 0. The van der Waals surface area contributed by atoms with Crippen LogP contribution in [0.2, 0.25) is 0 Å². The molecule has 0 saturated heterocycles. The highest BCUT2D eigenvalue weighted by Gasteiger charge is 2.34. The zero-order valence-electron chi connectivity index (χ0n) is 14.9. The van der Waals surface area contributed by atoms with Crippen molar-refractivity contribution >= 4 is 16.9 Å². The fraction of sp³-hybridized carbons (Fsp3) is 0.333. The van der Waals surface area contributed by atoms with Gasteiger partial charge in [-0.3, -0.25) is 4.79 Å². The number of carbonyl (C=O) groups excluding carboxylic acids is 1. The highest BCUT2D eigenvalue weighted by molar-refractivity contribution is 5.97.